The highest BCUT2D eigenvalue weighted by atomic mass is 32.1. The fourth-order valence-corrected chi connectivity index (χ4v) is 2.15. The molecule has 2 unspecified atom stereocenters. The van der Waals surface area contributed by atoms with Crippen LogP contribution in [0.25, 0.3) is 0 Å². The molecule has 0 amide bonds. The summed E-state index contributed by atoms with van der Waals surface area (Å²) in [7, 11) is 1.40. The standard InChI is InChI=1S/C12H13NO2S/c1-15-12(14)9-7-10(16)13-11(9)8-5-3-2-4-6-8/h2-7,9,11,13,16H,1H3. The van der Waals surface area contributed by atoms with Crippen LogP contribution in [0.1, 0.15) is 11.6 Å². The lowest BCUT2D eigenvalue weighted by molar-refractivity contribution is -0.144. The van der Waals surface area contributed by atoms with E-state index in [4.69, 9.17) is 4.74 Å². The van der Waals surface area contributed by atoms with Gasteiger partial charge in [-0.2, -0.15) is 0 Å². The summed E-state index contributed by atoms with van der Waals surface area (Å²) in [6.45, 7) is 0. The Morgan fingerprint density at radius 1 is 1.38 bits per heavy atom. The number of rotatable bonds is 2. The summed E-state index contributed by atoms with van der Waals surface area (Å²) in [5, 5.41) is 3.87. The van der Waals surface area contributed by atoms with Gasteiger partial charge in [0.1, 0.15) is 5.92 Å². The van der Waals surface area contributed by atoms with E-state index in [1.54, 1.807) is 6.08 Å². The molecule has 0 spiro atoms. The average Bonchev–Trinajstić information content (AvgIpc) is 2.71. The van der Waals surface area contributed by atoms with Crippen molar-refractivity contribution >= 4 is 18.6 Å². The number of ether oxygens (including phenoxy) is 1. The van der Waals surface area contributed by atoms with E-state index in [0.29, 0.717) is 5.03 Å². The zero-order chi connectivity index (χ0) is 11.5. The Morgan fingerprint density at radius 3 is 2.69 bits per heavy atom. The Morgan fingerprint density at radius 2 is 2.06 bits per heavy atom. The van der Waals surface area contributed by atoms with Crippen molar-refractivity contribution in [3.8, 4) is 0 Å². The van der Waals surface area contributed by atoms with Crippen molar-refractivity contribution in [2.75, 3.05) is 7.11 Å². The average molecular weight is 235 g/mol. The summed E-state index contributed by atoms with van der Waals surface area (Å²) < 4.78 is 4.78. The molecule has 1 aromatic carbocycles. The van der Waals surface area contributed by atoms with Crippen molar-refractivity contribution in [1.29, 1.82) is 0 Å². The summed E-state index contributed by atoms with van der Waals surface area (Å²) in [4.78, 5) is 11.6. The second-order valence-corrected chi connectivity index (χ2v) is 4.12. The predicted octanol–water partition coefficient (Wildman–Crippen LogP) is 1.89. The Labute approximate surface area is 99.9 Å². The highest BCUT2D eigenvalue weighted by Crippen LogP contribution is 2.32. The molecule has 16 heavy (non-hydrogen) atoms. The molecular formula is C12H13NO2S. The minimum absolute atomic E-state index is 0.0823. The van der Waals surface area contributed by atoms with Crippen LogP contribution in [0.3, 0.4) is 0 Å². The lowest BCUT2D eigenvalue weighted by Gasteiger charge is -2.18. The smallest absolute Gasteiger partial charge is 0.315 e. The predicted molar refractivity (Wildman–Crippen MR) is 64.9 cm³/mol. The lowest BCUT2D eigenvalue weighted by atomic mass is 9.95. The molecule has 0 radical (unpaired) electrons. The molecule has 3 nitrogen and oxygen atoms in total. The summed E-state index contributed by atoms with van der Waals surface area (Å²) in [6.07, 6.45) is 1.78. The number of carbonyl (C=O) groups is 1. The van der Waals surface area contributed by atoms with Gasteiger partial charge < -0.3 is 10.1 Å². The first-order valence-electron chi connectivity index (χ1n) is 5.02. The van der Waals surface area contributed by atoms with Crippen molar-refractivity contribution < 1.29 is 9.53 Å². The zero-order valence-electron chi connectivity index (χ0n) is 8.88. The van der Waals surface area contributed by atoms with Crippen LogP contribution in [0.4, 0.5) is 0 Å². The number of methoxy groups -OCH3 is 1. The molecule has 1 aliphatic heterocycles. The van der Waals surface area contributed by atoms with E-state index in [2.05, 4.69) is 17.9 Å². The fourth-order valence-electron chi connectivity index (χ4n) is 1.85. The first-order chi connectivity index (χ1) is 7.72. The SMILES string of the molecule is COC(=O)C1C=C(S)NC1c1ccccc1. The van der Waals surface area contributed by atoms with Crippen LogP contribution in [0.2, 0.25) is 0 Å². The largest absolute Gasteiger partial charge is 0.468 e. The van der Waals surface area contributed by atoms with Crippen LogP contribution < -0.4 is 5.32 Å². The van der Waals surface area contributed by atoms with E-state index in [-0.39, 0.29) is 17.9 Å². The lowest BCUT2D eigenvalue weighted by Crippen LogP contribution is -2.25. The Balaban J connectivity index is 2.26. The van der Waals surface area contributed by atoms with E-state index in [9.17, 15) is 4.79 Å². The van der Waals surface area contributed by atoms with Crippen molar-refractivity contribution in [3.05, 3.63) is 47.0 Å². The van der Waals surface area contributed by atoms with E-state index in [1.165, 1.54) is 7.11 Å². The van der Waals surface area contributed by atoms with Gasteiger partial charge in [-0.25, -0.2) is 0 Å². The Hall–Kier alpha value is -1.42. The summed E-state index contributed by atoms with van der Waals surface area (Å²) in [6, 6.07) is 9.72. The van der Waals surface area contributed by atoms with Gasteiger partial charge in [0.05, 0.1) is 18.2 Å². The maximum Gasteiger partial charge on any atom is 0.315 e. The van der Waals surface area contributed by atoms with Gasteiger partial charge in [0, 0.05) is 0 Å². The molecule has 2 atom stereocenters. The molecule has 0 fully saturated rings. The molecular weight excluding hydrogens is 222 g/mol. The molecule has 0 saturated carbocycles. The molecule has 84 valence electrons. The molecule has 2 rings (SSSR count). The zero-order valence-corrected chi connectivity index (χ0v) is 9.78. The number of esters is 1. The van der Waals surface area contributed by atoms with E-state index in [0.717, 1.165) is 5.56 Å². The molecule has 0 bridgehead atoms. The molecule has 4 heteroatoms. The van der Waals surface area contributed by atoms with Gasteiger partial charge in [-0.05, 0) is 11.6 Å². The number of benzene rings is 1. The van der Waals surface area contributed by atoms with Crippen molar-refractivity contribution in [2.45, 2.75) is 6.04 Å². The monoisotopic (exact) mass is 235 g/mol. The van der Waals surface area contributed by atoms with E-state index in [1.807, 2.05) is 30.3 Å². The van der Waals surface area contributed by atoms with Gasteiger partial charge in [-0.15, -0.1) is 12.6 Å². The van der Waals surface area contributed by atoms with Crippen LogP contribution in [-0.4, -0.2) is 13.1 Å². The van der Waals surface area contributed by atoms with E-state index >= 15 is 0 Å². The molecule has 1 N–H and O–H groups in total. The van der Waals surface area contributed by atoms with Gasteiger partial charge >= 0.3 is 5.97 Å². The van der Waals surface area contributed by atoms with Gasteiger partial charge in [0.15, 0.2) is 0 Å². The quantitative estimate of drug-likeness (QED) is 0.607. The van der Waals surface area contributed by atoms with Crippen molar-refractivity contribution in [2.24, 2.45) is 5.92 Å². The Kier molecular flexibility index (Phi) is 3.19. The summed E-state index contributed by atoms with van der Waals surface area (Å²) in [5.74, 6) is -0.551. The van der Waals surface area contributed by atoms with Crippen LogP contribution in [-0.2, 0) is 9.53 Å². The highest BCUT2D eigenvalue weighted by molar-refractivity contribution is 7.84. The third-order valence-electron chi connectivity index (χ3n) is 2.63. The minimum Gasteiger partial charge on any atom is -0.468 e. The number of hydrogen-bond donors (Lipinski definition) is 2. The molecule has 0 aliphatic carbocycles. The van der Waals surface area contributed by atoms with Crippen molar-refractivity contribution in [1.82, 2.24) is 5.32 Å². The summed E-state index contributed by atoms with van der Waals surface area (Å²) in [5.41, 5.74) is 1.05. The first-order valence-corrected chi connectivity index (χ1v) is 5.47. The van der Waals surface area contributed by atoms with Crippen LogP contribution in [0, 0.1) is 5.92 Å². The maximum absolute atomic E-state index is 11.6. The molecule has 0 aromatic heterocycles. The van der Waals surface area contributed by atoms with Crippen LogP contribution in [0.15, 0.2) is 41.4 Å². The first kappa shape index (κ1) is 11.1. The fraction of sp³-hybridized carbons (Fsp3) is 0.250. The van der Waals surface area contributed by atoms with Crippen LogP contribution >= 0.6 is 12.6 Å². The number of thiol groups is 1. The summed E-state index contributed by atoms with van der Waals surface area (Å²) >= 11 is 4.24. The highest BCUT2D eigenvalue weighted by Gasteiger charge is 2.33. The number of carbonyl (C=O) groups excluding carboxylic acids is 1. The Bertz CT molecular complexity index is 416. The minimum atomic E-state index is -0.306. The van der Waals surface area contributed by atoms with Gasteiger partial charge in [-0.1, -0.05) is 30.3 Å². The van der Waals surface area contributed by atoms with Gasteiger partial charge in [0.2, 0.25) is 0 Å². The molecule has 1 aromatic rings. The van der Waals surface area contributed by atoms with Gasteiger partial charge in [0.25, 0.3) is 0 Å². The second kappa shape index (κ2) is 4.61. The van der Waals surface area contributed by atoms with Crippen LogP contribution in [0.5, 0.6) is 0 Å². The van der Waals surface area contributed by atoms with E-state index < -0.39 is 0 Å². The van der Waals surface area contributed by atoms with Crippen molar-refractivity contribution in [3.63, 3.8) is 0 Å². The molecule has 0 saturated heterocycles. The number of hydrogen-bond acceptors (Lipinski definition) is 4. The van der Waals surface area contributed by atoms with Gasteiger partial charge in [-0.3, -0.25) is 4.79 Å². The molecule has 1 heterocycles. The topological polar surface area (TPSA) is 38.3 Å². The maximum atomic E-state index is 11.6. The normalized spacial score (nSPS) is 23.5. The number of nitrogens with one attached hydrogen (secondary N) is 1. The molecule has 1 aliphatic rings. The second-order valence-electron chi connectivity index (χ2n) is 3.63. The third kappa shape index (κ3) is 2.07. The third-order valence-corrected chi connectivity index (χ3v) is 2.91.